The molecule has 0 bridgehead atoms. The summed E-state index contributed by atoms with van der Waals surface area (Å²) < 4.78 is 41.8. The van der Waals surface area contributed by atoms with E-state index in [4.69, 9.17) is 4.74 Å². The fourth-order valence-electron chi connectivity index (χ4n) is 3.93. The van der Waals surface area contributed by atoms with E-state index < -0.39 is 9.84 Å². The van der Waals surface area contributed by atoms with Crippen LogP contribution in [0.25, 0.3) is 0 Å². The Morgan fingerprint density at radius 2 is 2.00 bits per heavy atom. The lowest BCUT2D eigenvalue weighted by atomic mass is 10.0. The molecule has 0 spiro atoms. The molecule has 0 amide bonds. The number of nitrogens with zero attached hydrogens (tertiary/aromatic N) is 2. The van der Waals surface area contributed by atoms with Gasteiger partial charge in [0.05, 0.1) is 17.6 Å². The Morgan fingerprint density at radius 3 is 2.79 bits per heavy atom. The Morgan fingerprint density at radius 1 is 1.15 bits per heavy atom. The number of nitrogens with one attached hydrogen (secondary N) is 3. The molecule has 0 saturated heterocycles. The largest absolute Gasteiger partial charge is 0.489 e. The molecule has 2 aromatic carbocycles. The number of ether oxygens (including phenoxy) is 1. The fourth-order valence-corrected chi connectivity index (χ4v) is 5.29. The number of thiazole rings is 1. The molecule has 0 radical (unpaired) electrons. The molecular formula is C28H28FN5O3S2. The number of benzene rings is 2. The average Bonchev–Trinajstić information content (AvgIpc) is 3.39. The maximum Gasteiger partial charge on any atom is 0.148 e. The van der Waals surface area contributed by atoms with Gasteiger partial charge in [0.2, 0.25) is 0 Å². The minimum absolute atomic E-state index is 0.0993. The van der Waals surface area contributed by atoms with Crippen LogP contribution < -0.4 is 25.6 Å². The van der Waals surface area contributed by atoms with Crippen LogP contribution in [-0.4, -0.2) is 32.0 Å². The zero-order valence-electron chi connectivity index (χ0n) is 21.2. The average molecular weight is 566 g/mol. The summed E-state index contributed by atoms with van der Waals surface area (Å²) in [6, 6.07) is 14.0. The predicted octanol–water partition coefficient (Wildman–Crippen LogP) is 4.65. The Balaban J connectivity index is 1.20. The van der Waals surface area contributed by atoms with Crippen molar-refractivity contribution in [3.8, 4) is 5.75 Å². The second-order valence-corrected chi connectivity index (χ2v) is 12.4. The maximum atomic E-state index is 13.4. The molecule has 11 heteroatoms. The van der Waals surface area contributed by atoms with Gasteiger partial charge in [-0.3, -0.25) is 0 Å². The first-order valence-corrected chi connectivity index (χ1v) is 15.1. The molecule has 8 nitrogen and oxygen atoms in total. The van der Waals surface area contributed by atoms with Gasteiger partial charge < -0.3 is 25.6 Å². The highest BCUT2D eigenvalue weighted by Crippen LogP contribution is 2.33. The van der Waals surface area contributed by atoms with Gasteiger partial charge in [-0.25, -0.2) is 17.8 Å². The van der Waals surface area contributed by atoms with Crippen LogP contribution in [-0.2, 0) is 23.0 Å². The van der Waals surface area contributed by atoms with E-state index in [-0.39, 0.29) is 11.6 Å². The monoisotopic (exact) mass is 565 g/mol. The lowest BCUT2D eigenvalue weighted by Crippen LogP contribution is -2.21. The van der Waals surface area contributed by atoms with E-state index in [1.165, 1.54) is 18.4 Å². The molecule has 0 fully saturated rings. The minimum Gasteiger partial charge on any atom is -0.489 e. The third-order valence-electron chi connectivity index (χ3n) is 5.90. The number of anilines is 2. The number of dihydropyridines is 1. The number of halogens is 1. The summed E-state index contributed by atoms with van der Waals surface area (Å²) in [7, 11) is -2.99. The van der Waals surface area contributed by atoms with E-state index in [0.29, 0.717) is 25.4 Å². The summed E-state index contributed by atoms with van der Waals surface area (Å²) in [4.78, 5) is 6.50. The molecular weight excluding hydrogens is 537 g/mol. The number of sulfone groups is 1. The molecule has 202 valence electrons. The van der Waals surface area contributed by atoms with Gasteiger partial charge in [0.25, 0.3) is 0 Å². The van der Waals surface area contributed by atoms with E-state index in [2.05, 4.69) is 27.1 Å². The van der Waals surface area contributed by atoms with Gasteiger partial charge in [-0.05, 0) is 48.0 Å². The summed E-state index contributed by atoms with van der Waals surface area (Å²) in [5.74, 6) is 0.514. The van der Waals surface area contributed by atoms with Crippen LogP contribution >= 0.6 is 11.3 Å². The SMILES string of the molecule is CS(=O)(=O)CCNCc1ncc(N2C=CC3=CNC=C(Nc4ccc(OCc5cccc(F)c5)cc4)C3=C2)s1. The van der Waals surface area contributed by atoms with Crippen LogP contribution in [0.1, 0.15) is 10.6 Å². The molecule has 1 aromatic heterocycles. The van der Waals surface area contributed by atoms with E-state index in [1.54, 1.807) is 17.4 Å². The first-order valence-electron chi connectivity index (χ1n) is 12.3. The topological polar surface area (TPSA) is 95.6 Å². The van der Waals surface area contributed by atoms with Gasteiger partial charge in [0.15, 0.2) is 0 Å². The van der Waals surface area contributed by atoms with Crippen LogP contribution in [0.3, 0.4) is 0 Å². The van der Waals surface area contributed by atoms with Crippen LogP contribution in [0.2, 0.25) is 0 Å². The molecule has 3 heterocycles. The molecule has 0 aliphatic carbocycles. The number of fused-ring (bicyclic) bond motifs is 1. The molecule has 5 rings (SSSR count). The van der Waals surface area contributed by atoms with E-state index >= 15 is 0 Å². The molecule has 2 aliphatic rings. The van der Waals surface area contributed by atoms with Crippen LogP contribution in [0.15, 0.2) is 102 Å². The van der Waals surface area contributed by atoms with Crippen molar-refractivity contribution in [2.24, 2.45) is 0 Å². The predicted molar refractivity (Wildman–Crippen MR) is 153 cm³/mol. The third-order valence-corrected chi connectivity index (χ3v) is 7.86. The number of hydrogen-bond donors (Lipinski definition) is 3. The second kappa shape index (κ2) is 11.9. The normalized spacial score (nSPS) is 14.6. The van der Waals surface area contributed by atoms with Crippen molar-refractivity contribution in [2.45, 2.75) is 13.2 Å². The van der Waals surface area contributed by atoms with Crippen molar-refractivity contribution in [1.82, 2.24) is 15.6 Å². The Bertz CT molecular complexity index is 1560. The molecule has 3 aromatic rings. The first kappa shape index (κ1) is 26.7. The van der Waals surface area contributed by atoms with Gasteiger partial charge in [-0.15, -0.1) is 0 Å². The number of aromatic nitrogens is 1. The number of hydrogen-bond acceptors (Lipinski definition) is 9. The highest BCUT2D eigenvalue weighted by Gasteiger charge is 2.19. The maximum absolute atomic E-state index is 13.4. The lowest BCUT2D eigenvalue weighted by Gasteiger charge is -2.26. The van der Waals surface area contributed by atoms with Crippen molar-refractivity contribution in [2.75, 3.05) is 28.8 Å². The van der Waals surface area contributed by atoms with E-state index in [9.17, 15) is 12.8 Å². The second-order valence-electron chi connectivity index (χ2n) is 9.06. The van der Waals surface area contributed by atoms with Gasteiger partial charge >= 0.3 is 0 Å². The molecule has 39 heavy (non-hydrogen) atoms. The van der Waals surface area contributed by atoms with Gasteiger partial charge in [-0.1, -0.05) is 23.5 Å². The van der Waals surface area contributed by atoms with E-state index in [0.717, 1.165) is 38.1 Å². The van der Waals surface area contributed by atoms with Crippen molar-refractivity contribution in [3.63, 3.8) is 0 Å². The van der Waals surface area contributed by atoms with Gasteiger partial charge in [0.1, 0.15) is 38.0 Å². The smallest absolute Gasteiger partial charge is 0.148 e. The van der Waals surface area contributed by atoms with Gasteiger partial charge in [0, 0.05) is 61.0 Å². The molecule has 0 unspecified atom stereocenters. The Kier molecular flexibility index (Phi) is 8.10. The van der Waals surface area contributed by atoms with Crippen LogP contribution in [0, 0.1) is 5.82 Å². The van der Waals surface area contributed by atoms with Crippen molar-refractivity contribution < 1.29 is 17.5 Å². The van der Waals surface area contributed by atoms with Gasteiger partial charge in [-0.2, -0.15) is 0 Å². The zero-order valence-corrected chi connectivity index (χ0v) is 22.9. The highest BCUT2D eigenvalue weighted by atomic mass is 32.2. The third kappa shape index (κ3) is 7.34. The van der Waals surface area contributed by atoms with E-state index in [1.807, 2.05) is 66.1 Å². The molecule has 0 saturated carbocycles. The fraction of sp³-hybridized carbons (Fsp3) is 0.179. The Labute approximate surface area is 231 Å². The van der Waals surface area contributed by atoms with Crippen LogP contribution in [0.4, 0.5) is 15.1 Å². The minimum atomic E-state index is -2.99. The van der Waals surface area contributed by atoms with Crippen molar-refractivity contribution in [1.29, 1.82) is 0 Å². The quantitative estimate of drug-likeness (QED) is 0.289. The Hall–Kier alpha value is -3.93. The highest BCUT2D eigenvalue weighted by molar-refractivity contribution is 7.90. The van der Waals surface area contributed by atoms with Crippen LogP contribution in [0.5, 0.6) is 5.75 Å². The molecule has 3 N–H and O–H groups in total. The first-order chi connectivity index (χ1) is 18.8. The summed E-state index contributed by atoms with van der Waals surface area (Å²) >= 11 is 1.54. The van der Waals surface area contributed by atoms with Crippen molar-refractivity contribution >= 4 is 31.9 Å². The lowest BCUT2D eigenvalue weighted by molar-refractivity contribution is 0.305. The van der Waals surface area contributed by atoms with Crippen molar-refractivity contribution in [3.05, 3.63) is 119 Å². The summed E-state index contributed by atoms with van der Waals surface area (Å²) in [5, 5.41) is 11.6. The molecule has 0 atom stereocenters. The standard InChI is InChI=1S/C28H28FN5O3S2/c1-39(35,36)12-10-30-16-27-32-17-28(38-27)34-11-9-21-14-31-15-26(25(21)18-34)33-23-5-7-24(8-6-23)37-19-20-3-2-4-22(29)13-20/h2-9,11,13-15,17-18,30-31,33H,10,12,16,19H2,1H3. The number of rotatable bonds is 11. The summed E-state index contributed by atoms with van der Waals surface area (Å²) in [5.41, 5.74) is 4.63. The molecule has 2 aliphatic heterocycles. The summed E-state index contributed by atoms with van der Waals surface area (Å²) in [6.07, 6.45) is 13.0. The zero-order chi connectivity index (χ0) is 27.2. The summed E-state index contributed by atoms with van der Waals surface area (Å²) in [6.45, 7) is 1.19. The number of allylic oxidation sites excluding steroid dienone is 2.